The molecule has 1 aliphatic rings. The molecule has 0 radical (unpaired) electrons. The van der Waals surface area contributed by atoms with Crippen LogP contribution in [0, 0.1) is 0 Å². The lowest BCUT2D eigenvalue weighted by Gasteiger charge is -2.17. The zero-order valence-corrected chi connectivity index (χ0v) is 12.8. The minimum absolute atomic E-state index is 0.0880. The van der Waals surface area contributed by atoms with Gasteiger partial charge in [-0.3, -0.25) is 4.79 Å². The van der Waals surface area contributed by atoms with E-state index in [2.05, 4.69) is 9.72 Å². The summed E-state index contributed by atoms with van der Waals surface area (Å²) in [6.45, 7) is -1.98. The molecule has 1 aliphatic heterocycles. The molecule has 5 nitrogen and oxygen atoms in total. The van der Waals surface area contributed by atoms with Crippen molar-refractivity contribution in [3.63, 3.8) is 0 Å². The third kappa shape index (κ3) is 3.98. The Bertz CT molecular complexity index is 697. The number of halogens is 2. The van der Waals surface area contributed by atoms with Gasteiger partial charge >= 0.3 is 6.61 Å². The van der Waals surface area contributed by atoms with Crippen molar-refractivity contribution in [2.45, 2.75) is 19.1 Å². The van der Waals surface area contributed by atoms with Gasteiger partial charge in [0.25, 0.3) is 5.91 Å². The fourth-order valence-corrected chi connectivity index (χ4v) is 2.58. The molecule has 1 aromatic carbocycles. The molecule has 1 atom stereocenters. The van der Waals surface area contributed by atoms with Crippen molar-refractivity contribution < 1.29 is 23.0 Å². The highest BCUT2D eigenvalue weighted by Gasteiger charge is 2.28. The van der Waals surface area contributed by atoms with Crippen LogP contribution in [0.15, 0.2) is 48.7 Å². The first kappa shape index (κ1) is 16.2. The van der Waals surface area contributed by atoms with Crippen LogP contribution in [-0.2, 0) is 0 Å². The first-order valence-corrected chi connectivity index (χ1v) is 7.53. The Kier molecular flexibility index (Phi) is 4.88. The van der Waals surface area contributed by atoms with E-state index in [1.165, 1.54) is 18.3 Å². The Morgan fingerprint density at radius 3 is 2.79 bits per heavy atom. The summed E-state index contributed by atoms with van der Waals surface area (Å²) in [7, 11) is 0. The van der Waals surface area contributed by atoms with E-state index in [4.69, 9.17) is 4.74 Å². The number of likely N-dealkylation sites (tertiary alicyclic amines) is 1. The highest BCUT2D eigenvalue weighted by Crippen LogP contribution is 2.21. The third-order valence-corrected chi connectivity index (χ3v) is 3.67. The van der Waals surface area contributed by atoms with Crippen LogP contribution in [0.3, 0.4) is 0 Å². The highest BCUT2D eigenvalue weighted by atomic mass is 19.3. The van der Waals surface area contributed by atoms with Gasteiger partial charge in [0.15, 0.2) is 0 Å². The molecule has 1 fully saturated rings. The normalized spacial score (nSPS) is 17.1. The lowest BCUT2D eigenvalue weighted by molar-refractivity contribution is -0.0529. The van der Waals surface area contributed by atoms with Crippen LogP contribution in [0.5, 0.6) is 11.6 Å². The molecule has 1 saturated heterocycles. The van der Waals surface area contributed by atoms with Crippen molar-refractivity contribution in [3.8, 4) is 11.6 Å². The average molecular weight is 334 g/mol. The number of benzene rings is 1. The van der Waals surface area contributed by atoms with Crippen LogP contribution >= 0.6 is 0 Å². The fourth-order valence-electron chi connectivity index (χ4n) is 2.58. The van der Waals surface area contributed by atoms with Gasteiger partial charge in [-0.05, 0) is 18.2 Å². The largest absolute Gasteiger partial charge is 0.489 e. The number of aromatic nitrogens is 1. The summed E-state index contributed by atoms with van der Waals surface area (Å²) in [5.41, 5.74) is 0.265. The van der Waals surface area contributed by atoms with E-state index in [-0.39, 0.29) is 23.5 Å². The number of para-hydroxylation sites is 1. The Labute approximate surface area is 137 Å². The number of nitrogens with zero attached hydrogens (tertiary/aromatic N) is 2. The molecular formula is C17H16F2N2O3. The number of carbonyl (C=O) groups excluding carboxylic acids is 1. The standard InChI is InChI=1S/C17H16F2N2O3/c18-17(19)24-15-10-12(6-8-20-15)16(22)21-9-7-14(11-21)23-13-4-2-1-3-5-13/h1-6,8,10,14,17H,7,9,11H2/t14-/m1/s1. The molecule has 126 valence electrons. The minimum Gasteiger partial charge on any atom is -0.489 e. The van der Waals surface area contributed by atoms with E-state index in [1.807, 2.05) is 30.3 Å². The van der Waals surface area contributed by atoms with Crippen LogP contribution < -0.4 is 9.47 Å². The summed E-state index contributed by atoms with van der Waals surface area (Å²) < 4.78 is 34.5. The summed E-state index contributed by atoms with van der Waals surface area (Å²) in [5, 5.41) is 0. The fraction of sp³-hybridized carbons (Fsp3) is 0.294. The molecule has 0 N–H and O–H groups in total. The van der Waals surface area contributed by atoms with Crippen molar-refractivity contribution in [2.75, 3.05) is 13.1 Å². The maximum atomic E-state index is 12.5. The maximum absolute atomic E-state index is 12.5. The Morgan fingerprint density at radius 1 is 1.25 bits per heavy atom. The first-order valence-electron chi connectivity index (χ1n) is 7.53. The van der Waals surface area contributed by atoms with Gasteiger partial charge in [0.1, 0.15) is 11.9 Å². The SMILES string of the molecule is O=C(c1ccnc(OC(F)F)c1)N1CC[C@@H](Oc2ccccc2)C1. The molecule has 0 saturated carbocycles. The number of ether oxygens (including phenoxy) is 2. The molecule has 0 spiro atoms. The summed E-state index contributed by atoms with van der Waals surface area (Å²) in [5.74, 6) is 0.233. The highest BCUT2D eigenvalue weighted by molar-refractivity contribution is 5.94. The van der Waals surface area contributed by atoms with E-state index < -0.39 is 6.61 Å². The number of hydrogen-bond donors (Lipinski definition) is 0. The molecular weight excluding hydrogens is 318 g/mol. The van der Waals surface area contributed by atoms with Gasteiger partial charge in [0.2, 0.25) is 5.88 Å². The Balaban J connectivity index is 1.62. The van der Waals surface area contributed by atoms with Crippen molar-refractivity contribution in [1.29, 1.82) is 0 Å². The Hall–Kier alpha value is -2.70. The molecule has 0 aliphatic carbocycles. The average Bonchev–Trinajstić information content (AvgIpc) is 3.03. The topological polar surface area (TPSA) is 51.7 Å². The predicted molar refractivity (Wildman–Crippen MR) is 82.2 cm³/mol. The Morgan fingerprint density at radius 2 is 2.04 bits per heavy atom. The lowest BCUT2D eigenvalue weighted by atomic mass is 10.2. The van der Waals surface area contributed by atoms with Crippen LogP contribution in [-0.4, -0.2) is 41.6 Å². The number of carbonyl (C=O) groups is 1. The second-order valence-electron chi connectivity index (χ2n) is 5.35. The smallest absolute Gasteiger partial charge is 0.388 e. The summed E-state index contributed by atoms with van der Waals surface area (Å²) in [6.07, 6.45) is 1.90. The first-order chi connectivity index (χ1) is 11.6. The zero-order valence-electron chi connectivity index (χ0n) is 12.8. The van der Waals surface area contributed by atoms with Gasteiger partial charge in [-0.2, -0.15) is 8.78 Å². The number of alkyl halides is 2. The molecule has 7 heteroatoms. The summed E-state index contributed by atoms with van der Waals surface area (Å²) in [4.78, 5) is 17.8. The van der Waals surface area contributed by atoms with Gasteiger partial charge in [-0.15, -0.1) is 0 Å². The second-order valence-corrected chi connectivity index (χ2v) is 5.35. The second kappa shape index (κ2) is 7.25. The predicted octanol–water partition coefficient (Wildman–Crippen LogP) is 2.98. The van der Waals surface area contributed by atoms with Gasteiger partial charge in [0, 0.05) is 30.8 Å². The number of hydrogen-bond acceptors (Lipinski definition) is 4. The zero-order chi connectivity index (χ0) is 16.9. The molecule has 24 heavy (non-hydrogen) atoms. The minimum atomic E-state index is -2.97. The molecule has 3 rings (SSSR count). The van der Waals surface area contributed by atoms with Crippen molar-refractivity contribution >= 4 is 5.91 Å². The van der Waals surface area contributed by atoms with Gasteiger partial charge < -0.3 is 14.4 Å². The van der Waals surface area contributed by atoms with Crippen molar-refractivity contribution in [2.24, 2.45) is 0 Å². The summed E-state index contributed by atoms with van der Waals surface area (Å²) >= 11 is 0. The van der Waals surface area contributed by atoms with E-state index in [0.29, 0.717) is 19.5 Å². The molecule has 2 aromatic rings. The monoisotopic (exact) mass is 334 g/mol. The van der Waals surface area contributed by atoms with Crippen LogP contribution in [0.25, 0.3) is 0 Å². The van der Waals surface area contributed by atoms with E-state index in [0.717, 1.165) is 5.75 Å². The molecule has 1 aromatic heterocycles. The van der Waals surface area contributed by atoms with Crippen molar-refractivity contribution in [1.82, 2.24) is 9.88 Å². The lowest BCUT2D eigenvalue weighted by Crippen LogP contribution is -2.31. The maximum Gasteiger partial charge on any atom is 0.388 e. The number of pyridine rings is 1. The van der Waals surface area contributed by atoms with Crippen LogP contribution in [0.1, 0.15) is 16.8 Å². The van der Waals surface area contributed by atoms with Gasteiger partial charge in [0.05, 0.1) is 6.54 Å². The van der Waals surface area contributed by atoms with Crippen LogP contribution in [0.4, 0.5) is 8.78 Å². The van der Waals surface area contributed by atoms with Crippen molar-refractivity contribution in [3.05, 3.63) is 54.2 Å². The molecule has 2 heterocycles. The third-order valence-electron chi connectivity index (χ3n) is 3.67. The van der Waals surface area contributed by atoms with E-state index in [1.54, 1.807) is 4.90 Å². The molecule has 0 unspecified atom stereocenters. The summed E-state index contributed by atoms with van der Waals surface area (Å²) in [6, 6.07) is 12.1. The van der Waals surface area contributed by atoms with Gasteiger partial charge in [-0.25, -0.2) is 4.98 Å². The number of rotatable bonds is 5. The van der Waals surface area contributed by atoms with Gasteiger partial charge in [-0.1, -0.05) is 18.2 Å². The molecule has 1 amide bonds. The molecule has 0 bridgehead atoms. The van der Waals surface area contributed by atoms with E-state index >= 15 is 0 Å². The number of amides is 1. The van der Waals surface area contributed by atoms with Crippen LogP contribution in [0.2, 0.25) is 0 Å². The quantitative estimate of drug-likeness (QED) is 0.843. The van der Waals surface area contributed by atoms with E-state index in [9.17, 15) is 13.6 Å².